The number of alkyl halides is 3. The predicted octanol–water partition coefficient (Wildman–Crippen LogP) is 2.72. The Hall–Kier alpha value is -2.68. The summed E-state index contributed by atoms with van der Waals surface area (Å²) in [4.78, 5) is 24.8. The van der Waals surface area contributed by atoms with Gasteiger partial charge in [0.2, 0.25) is 5.88 Å². The van der Waals surface area contributed by atoms with Crippen LogP contribution in [0.15, 0.2) is 36.5 Å². The number of aromatic nitrogens is 2. The van der Waals surface area contributed by atoms with Gasteiger partial charge in [0, 0.05) is 24.9 Å². The van der Waals surface area contributed by atoms with Crippen molar-refractivity contribution >= 4 is 5.91 Å². The number of halogens is 3. The van der Waals surface area contributed by atoms with Crippen molar-refractivity contribution in [1.29, 1.82) is 0 Å². The number of hydroxylamine groups is 2. The minimum atomic E-state index is -4.43. The van der Waals surface area contributed by atoms with Gasteiger partial charge in [0.15, 0.2) is 6.61 Å². The molecule has 1 amide bonds. The SMILES string of the molecule is CON(C)C(=O)c1cccc(-c2ccc(OCC(F)(F)F)nc2)n1. The summed E-state index contributed by atoms with van der Waals surface area (Å²) in [6.07, 6.45) is -3.10. The summed E-state index contributed by atoms with van der Waals surface area (Å²) in [7, 11) is 2.80. The fraction of sp³-hybridized carbons (Fsp3) is 0.267. The molecule has 0 saturated carbocycles. The van der Waals surface area contributed by atoms with Crippen LogP contribution in [-0.2, 0) is 4.84 Å². The zero-order valence-electron chi connectivity index (χ0n) is 12.9. The molecule has 0 fully saturated rings. The molecule has 2 rings (SSSR count). The standard InChI is InChI=1S/C15H14F3N3O3/c1-21(23-2)14(22)12-5-3-4-11(20-12)10-6-7-13(19-8-10)24-9-15(16,17)18/h3-8H,9H2,1-2H3. The quantitative estimate of drug-likeness (QED) is 0.783. The molecule has 0 radical (unpaired) electrons. The Labute approximate surface area is 135 Å². The first-order valence-corrected chi connectivity index (χ1v) is 6.75. The molecule has 0 saturated heterocycles. The molecular formula is C15H14F3N3O3. The highest BCUT2D eigenvalue weighted by Crippen LogP contribution is 2.21. The molecule has 2 heterocycles. The number of carbonyl (C=O) groups excluding carboxylic acids is 1. The van der Waals surface area contributed by atoms with Crippen LogP contribution in [0.5, 0.6) is 5.88 Å². The van der Waals surface area contributed by atoms with Crippen LogP contribution in [0.25, 0.3) is 11.3 Å². The Kier molecular flexibility index (Phi) is 5.35. The Morgan fingerprint density at radius 1 is 1.25 bits per heavy atom. The van der Waals surface area contributed by atoms with Gasteiger partial charge in [-0.15, -0.1) is 0 Å². The second-order valence-electron chi connectivity index (χ2n) is 4.68. The van der Waals surface area contributed by atoms with Crippen molar-refractivity contribution in [2.24, 2.45) is 0 Å². The molecule has 0 atom stereocenters. The van der Waals surface area contributed by atoms with Gasteiger partial charge >= 0.3 is 6.18 Å². The number of nitrogens with zero attached hydrogens (tertiary/aromatic N) is 3. The summed E-state index contributed by atoms with van der Waals surface area (Å²) in [5.41, 5.74) is 1.14. The molecule has 0 unspecified atom stereocenters. The molecule has 0 aliphatic heterocycles. The van der Waals surface area contributed by atoms with Crippen LogP contribution in [0.1, 0.15) is 10.5 Å². The summed E-state index contributed by atoms with van der Waals surface area (Å²) in [6.45, 7) is -1.41. The predicted molar refractivity (Wildman–Crippen MR) is 78.1 cm³/mol. The third kappa shape index (κ3) is 4.66. The Bertz CT molecular complexity index is 705. The van der Waals surface area contributed by atoms with E-state index < -0.39 is 18.7 Å². The molecule has 0 aliphatic carbocycles. The van der Waals surface area contributed by atoms with Crippen LogP contribution in [0, 0.1) is 0 Å². The number of ether oxygens (including phenoxy) is 1. The van der Waals surface area contributed by atoms with Crippen molar-refractivity contribution in [1.82, 2.24) is 15.0 Å². The summed E-state index contributed by atoms with van der Waals surface area (Å²) >= 11 is 0. The first kappa shape index (κ1) is 17.7. The second-order valence-corrected chi connectivity index (χ2v) is 4.68. The summed E-state index contributed by atoms with van der Waals surface area (Å²) in [5.74, 6) is -0.583. The molecule has 0 bridgehead atoms. The van der Waals surface area contributed by atoms with E-state index in [1.807, 2.05) is 0 Å². The van der Waals surface area contributed by atoms with Crippen molar-refractivity contribution in [3.8, 4) is 17.1 Å². The monoisotopic (exact) mass is 341 g/mol. The van der Waals surface area contributed by atoms with Gasteiger partial charge in [0.1, 0.15) is 5.69 Å². The number of pyridine rings is 2. The van der Waals surface area contributed by atoms with Crippen LogP contribution in [0.2, 0.25) is 0 Å². The van der Waals surface area contributed by atoms with Gasteiger partial charge in [-0.25, -0.2) is 15.0 Å². The topological polar surface area (TPSA) is 64.5 Å². The summed E-state index contributed by atoms with van der Waals surface area (Å²) in [5, 5.41) is 1.03. The van der Waals surface area contributed by atoms with Gasteiger partial charge in [-0.2, -0.15) is 13.2 Å². The molecule has 128 valence electrons. The number of carbonyl (C=O) groups is 1. The Morgan fingerprint density at radius 3 is 2.58 bits per heavy atom. The lowest BCUT2D eigenvalue weighted by molar-refractivity contribution is -0.154. The van der Waals surface area contributed by atoms with E-state index >= 15 is 0 Å². The van der Waals surface area contributed by atoms with Crippen molar-refractivity contribution in [2.75, 3.05) is 20.8 Å². The highest BCUT2D eigenvalue weighted by Gasteiger charge is 2.28. The maximum absolute atomic E-state index is 12.1. The number of amides is 1. The van der Waals surface area contributed by atoms with Gasteiger partial charge in [-0.05, 0) is 18.2 Å². The smallest absolute Gasteiger partial charge is 0.422 e. The average molecular weight is 341 g/mol. The first-order valence-electron chi connectivity index (χ1n) is 6.75. The molecule has 9 heteroatoms. The fourth-order valence-electron chi connectivity index (χ4n) is 1.73. The number of hydrogen-bond donors (Lipinski definition) is 0. The summed E-state index contributed by atoms with van der Waals surface area (Å²) in [6, 6.07) is 7.62. The van der Waals surface area contributed by atoms with Crippen LogP contribution >= 0.6 is 0 Å². The van der Waals surface area contributed by atoms with E-state index in [-0.39, 0.29) is 11.6 Å². The first-order chi connectivity index (χ1) is 11.3. The largest absolute Gasteiger partial charge is 0.468 e. The minimum absolute atomic E-state index is 0.151. The van der Waals surface area contributed by atoms with Crippen LogP contribution < -0.4 is 4.74 Å². The second kappa shape index (κ2) is 7.26. The van der Waals surface area contributed by atoms with E-state index in [4.69, 9.17) is 4.84 Å². The van der Waals surface area contributed by atoms with Crippen molar-refractivity contribution in [2.45, 2.75) is 6.18 Å². The molecular weight excluding hydrogens is 327 g/mol. The zero-order chi connectivity index (χ0) is 17.7. The molecule has 2 aromatic rings. The molecule has 2 aromatic heterocycles. The van der Waals surface area contributed by atoms with Gasteiger partial charge in [0.05, 0.1) is 12.8 Å². The minimum Gasteiger partial charge on any atom is -0.468 e. The van der Waals surface area contributed by atoms with Crippen LogP contribution in [0.4, 0.5) is 13.2 Å². The van der Waals surface area contributed by atoms with Gasteiger partial charge < -0.3 is 4.74 Å². The third-order valence-corrected chi connectivity index (χ3v) is 2.94. The highest BCUT2D eigenvalue weighted by molar-refractivity contribution is 5.91. The number of hydrogen-bond acceptors (Lipinski definition) is 5. The molecule has 24 heavy (non-hydrogen) atoms. The molecule has 0 aromatic carbocycles. The Morgan fingerprint density at radius 2 is 2.00 bits per heavy atom. The third-order valence-electron chi connectivity index (χ3n) is 2.94. The van der Waals surface area contributed by atoms with Crippen LogP contribution in [-0.4, -0.2) is 47.9 Å². The van der Waals surface area contributed by atoms with Crippen molar-refractivity contribution < 1.29 is 27.5 Å². The van der Waals surface area contributed by atoms with Crippen LogP contribution in [0.3, 0.4) is 0 Å². The summed E-state index contributed by atoms with van der Waals surface area (Å²) < 4.78 is 40.8. The van der Waals surface area contributed by atoms with Gasteiger partial charge in [-0.3, -0.25) is 9.63 Å². The van der Waals surface area contributed by atoms with E-state index in [9.17, 15) is 18.0 Å². The van der Waals surface area contributed by atoms with E-state index in [0.717, 1.165) is 5.06 Å². The van der Waals surface area contributed by atoms with E-state index in [1.54, 1.807) is 12.1 Å². The highest BCUT2D eigenvalue weighted by atomic mass is 19.4. The number of rotatable bonds is 5. The average Bonchev–Trinajstić information content (AvgIpc) is 2.58. The molecule has 6 nitrogen and oxygen atoms in total. The zero-order valence-corrected chi connectivity index (χ0v) is 12.9. The molecule has 0 aliphatic rings. The normalized spacial score (nSPS) is 11.2. The maximum Gasteiger partial charge on any atom is 0.422 e. The lowest BCUT2D eigenvalue weighted by Gasteiger charge is -2.13. The van der Waals surface area contributed by atoms with Gasteiger partial charge in [0.25, 0.3) is 5.91 Å². The molecule has 0 spiro atoms. The fourth-order valence-corrected chi connectivity index (χ4v) is 1.73. The van der Waals surface area contributed by atoms with Crippen molar-refractivity contribution in [3.63, 3.8) is 0 Å². The maximum atomic E-state index is 12.1. The lowest BCUT2D eigenvalue weighted by atomic mass is 10.2. The van der Waals surface area contributed by atoms with E-state index in [0.29, 0.717) is 11.3 Å². The van der Waals surface area contributed by atoms with E-state index in [2.05, 4.69) is 14.7 Å². The van der Waals surface area contributed by atoms with Crippen molar-refractivity contribution in [3.05, 3.63) is 42.2 Å². The van der Waals surface area contributed by atoms with Gasteiger partial charge in [-0.1, -0.05) is 6.07 Å². The lowest BCUT2D eigenvalue weighted by Crippen LogP contribution is -2.26. The Balaban J connectivity index is 2.16. The van der Waals surface area contributed by atoms with E-state index in [1.165, 1.54) is 38.6 Å². The molecule has 0 N–H and O–H groups in total.